The third-order valence-corrected chi connectivity index (χ3v) is 10.2. The minimum Gasteiger partial charge on any atom is -0.497 e. The molecule has 0 spiro atoms. The number of ether oxygens (including phenoxy) is 2. The summed E-state index contributed by atoms with van der Waals surface area (Å²) >= 11 is 0. The highest BCUT2D eigenvalue weighted by Crippen LogP contribution is 2.22. The molecule has 0 saturated carbocycles. The zero-order valence-corrected chi connectivity index (χ0v) is 32.3. The van der Waals surface area contributed by atoms with E-state index < -0.39 is 60.1 Å². The molecule has 58 heavy (non-hydrogen) atoms. The highest BCUT2D eigenvalue weighted by Gasteiger charge is 2.32. The molecule has 0 radical (unpaired) electrons. The molecule has 0 fully saturated rings. The maximum atomic E-state index is 14.4. The largest absolute Gasteiger partial charge is 0.497 e. The summed E-state index contributed by atoms with van der Waals surface area (Å²) in [5, 5.41) is 18.8. The van der Waals surface area contributed by atoms with E-state index in [0.29, 0.717) is 23.5 Å². The number of carboxylic acid groups (broad SMARTS) is 1. The van der Waals surface area contributed by atoms with Gasteiger partial charge in [-0.05, 0) is 76.9 Å². The first-order valence-electron chi connectivity index (χ1n) is 19.3. The predicted molar refractivity (Wildman–Crippen MR) is 219 cm³/mol. The van der Waals surface area contributed by atoms with Gasteiger partial charge in [-0.3, -0.25) is 24.0 Å². The smallest absolute Gasteiger partial charge is 0.307 e. The van der Waals surface area contributed by atoms with Crippen LogP contribution < -0.4 is 25.4 Å². The molecule has 2 aliphatic heterocycles. The Bertz CT molecular complexity index is 2160. The third-order valence-electron chi connectivity index (χ3n) is 10.2. The SMILES string of the molecule is COc1ccc(C[C@H]2NC(=O)COc3ccc(cc3)C[C@@H](C(=O)O)CC(=O)[C@@H](CCc3ccccc3)NC(=O)[C@H](Cc3ccc(-c4ccccc4)cc3)NC2=O)cc1. The summed E-state index contributed by atoms with van der Waals surface area (Å²) in [5.41, 5.74) is 5.06. The van der Waals surface area contributed by atoms with Crippen molar-refractivity contribution in [3.8, 4) is 22.6 Å². The number of rotatable bonds is 10. The molecule has 0 aliphatic carbocycles. The molecule has 4 N–H and O–H groups in total. The number of carbonyl (C=O) groups is 5. The number of hydrogen-bond donors (Lipinski definition) is 4. The van der Waals surface area contributed by atoms with Crippen LogP contribution in [0, 0.1) is 5.92 Å². The number of ketones is 1. The highest BCUT2D eigenvalue weighted by atomic mass is 16.5. The van der Waals surface area contributed by atoms with Crippen LogP contribution in [0.1, 0.15) is 35.1 Å². The van der Waals surface area contributed by atoms with Gasteiger partial charge in [0.15, 0.2) is 12.4 Å². The first kappa shape index (κ1) is 40.9. The number of Topliss-reactive ketones (excluding diaryl/α,β-unsaturated/α-hetero) is 1. The van der Waals surface area contributed by atoms with Crippen molar-refractivity contribution in [3.05, 3.63) is 156 Å². The minimum absolute atomic E-state index is 0.0598. The number of methoxy groups -OCH3 is 1. The fourth-order valence-electron chi connectivity index (χ4n) is 6.95. The van der Waals surface area contributed by atoms with Crippen LogP contribution in [0.15, 0.2) is 133 Å². The minimum atomic E-state index is -1.18. The second-order valence-corrected chi connectivity index (χ2v) is 14.4. The Labute approximate surface area is 337 Å². The van der Waals surface area contributed by atoms with Crippen LogP contribution >= 0.6 is 0 Å². The van der Waals surface area contributed by atoms with E-state index in [2.05, 4.69) is 16.0 Å². The Morgan fingerprint density at radius 3 is 1.79 bits per heavy atom. The highest BCUT2D eigenvalue weighted by molar-refractivity contribution is 5.96. The molecule has 7 rings (SSSR count). The summed E-state index contributed by atoms with van der Waals surface area (Å²) in [5.74, 6) is -3.46. The summed E-state index contributed by atoms with van der Waals surface area (Å²) < 4.78 is 11.0. The Hall–Kier alpha value is -6.75. The van der Waals surface area contributed by atoms with Crippen LogP contribution in [0.2, 0.25) is 0 Å². The number of nitrogens with one attached hydrogen (secondary N) is 3. The summed E-state index contributed by atoms with van der Waals surface area (Å²) in [6.07, 6.45) is 0.523. The second kappa shape index (κ2) is 19.9. The van der Waals surface area contributed by atoms with Gasteiger partial charge in [-0.25, -0.2) is 0 Å². The Kier molecular flexibility index (Phi) is 14.0. The standard InChI is InChI=1S/C47H47N3O8/c1-57-38-21-14-34(15-22-38)27-41-45(53)50-42(28-33-12-19-36(20-13-33)35-10-6-3-7-11-35)46(54)49-40(25-18-31-8-4-2-5-9-31)43(51)29-37(47(55)56)26-32-16-23-39(24-17-32)58-30-44(52)48-41/h2-17,19-24,37,40-42H,18,25-30H2,1H3,(H,48,52)(H,49,54)(H,50,53)(H,55,56)/t37-,40-,41-,42+/m1/s1. The number of carboxylic acids is 1. The summed E-state index contributed by atoms with van der Waals surface area (Å²) in [4.78, 5) is 68.6. The van der Waals surface area contributed by atoms with Crippen LogP contribution in [0.5, 0.6) is 11.5 Å². The quantitative estimate of drug-likeness (QED) is 0.135. The lowest BCUT2D eigenvalue weighted by Crippen LogP contribution is -2.57. The van der Waals surface area contributed by atoms with Gasteiger partial charge in [-0.15, -0.1) is 0 Å². The lowest BCUT2D eigenvalue weighted by atomic mass is 9.90. The third kappa shape index (κ3) is 11.6. The van der Waals surface area contributed by atoms with Crippen LogP contribution in [-0.2, 0) is 49.7 Å². The molecule has 0 saturated heterocycles. The van der Waals surface area contributed by atoms with Gasteiger partial charge in [0.25, 0.3) is 5.91 Å². The fraction of sp³-hybridized carbons (Fsp3) is 0.255. The van der Waals surface area contributed by atoms with Gasteiger partial charge >= 0.3 is 5.97 Å². The normalized spacial score (nSPS) is 19.3. The monoisotopic (exact) mass is 781 g/mol. The maximum Gasteiger partial charge on any atom is 0.307 e. The fourth-order valence-corrected chi connectivity index (χ4v) is 6.95. The molecule has 5 aromatic rings. The van der Waals surface area contributed by atoms with Crippen molar-refractivity contribution in [1.29, 1.82) is 0 Å². The predicted octanol–water partition coefficient (Wildman–Crippen LogP) is 5.53. The van der Waals surface area contributed by atoms with Gasteiger partial charge in [0.05, 0.1) is 19.1 Å². The molecule has 2 heterocycles. The van der Waals surface area contributed by atoms with Gasteiger partial charge in [0.1, 0.15) is 23.6 Å². The van der Waals surface area contributed by atoms with Crippen molar-refractivity contribution in [2.24, 2.45) is 5.92 Å². The van der Waals surface area contributed by atoms with E-state index in [0.717, 1.165) is 27.8 Å². The number of aliphatic carboxylic acids is 1. The molecule has 11 heteroatoms. The number of benzene rings is 5. The van der Waals surface area contributed by atoms with E-state index in [9.17, 15) is 29.1 Å². The Balaban J connectivity index is 1.34. The van der Waals surface area contributed by atoms with Gasteiger partial charge in [-0.1, -0.05) is 109 Å². The van der Waals surface area contributed by atoms with Gasteiger partial charge in [0, 0.05) is 19.3 Å². The zero-order valence-electron chi connectivity index (χ0n) is 32.3. The van der Waals surface area contributed by atoms with Gasteiger partial charge < -0.3 is 30.5 Å². The van der Waals surface area contributed by atoms with E-state index in [-0.39, 0.29) is 32.1 Å². The number of hydrogen-bond acceptors (Lipinski definition) is 7. The Morgan fingerprint density at radius 2 is 1.19 bits per heavy atom. The van der Waals surface area contributed by atoms with E-state index in [1.165, 1.54) is 0 Å². The van der Waals surface area contributed by atoms with E-state index in [4.69, 9.17) is 9.47 Å². The second-order valence-electron chi connectivity index (χ2n) is 14.4. The van der Waals surface area contributed by atoms with Crippen LogP contribution in [0.3, 0.4) is 0 Å². The Morgan fingerprint density at radius 1 is 0.638 bits per heavy atom. The average Bonchev–Trinajstić information content (AvgIpc) is 3.24. The average molecular weight is 782 g/mol. The van der Waals surface area contributed by atoms with Gasteiger partial charge in [0.2, 0.25) is 11.8 Å². The van der Waals surface area contributed by atoms with Crippen molar-refractivity contribution < 1.29 is 38.6 Å². The molecule has 3 amide bonds. The van der Waals surface area contributed by atoms with Gasteiger partial charge in [-0.2, -0.15) is 0 Å². The lowest BCUT2D eigenvalue weighted by molar-refractivity contribution is -0.144. The van der Waals surface area contributed by atoms with E-state index in [1.54, 1.807) is 55.6 Å². The van der Waals surface area contributed by atoms with Crippen LogP contribution in [-0.4, -0.2) is 66.4 Å². The number of carbonyl (C=O) groups excluding carboxylic acids is 4. The first-order chi connectivity index (χ1) is 28.1. The first-order valence-corrected chi connectivity index (χ1v) is 19.3. The molecule has 4 atom stereocenters. The number of fused-ring (bicyclic) bond motifs is 16. The molecule has 2 bridgehead atoms. The summed E-state index contributed by atoms with van der Waals surface area (Å²) in [6, 6.07) is 37.3. The van der Waals surface area contributed by atoms with Crippen molar-refractivity contribution in [3.63, 3.8) is 0 Å². The summed E-state index contributed by atoms with van der Waals surface area (Å²) in [6.45, 7) is -0.404. The molecular weight excluding hydrogens is 735 g/mol. The van der Waals surface area contributed by atoms with E-state index >= 15 is 0 Å². The van der Waals surface area contributed by atoms with Crippen molar-refractivity contribution in [2.75, 3.05) is 13.7 Å². The molecule has 0 aromatic heterocycles. The van der Waals surface area contributed by atoms with Crippen LogP contribution in [0.25, 0.3) is 11.1 Å². The summed E-state index contributed by atoms with van der Waals surface area (Å²) in [7, 11) is 1.55. The molecule has 5 aromatic carbocycles. The van der Waals surface area contributed by atoms with Crippen molar-refractivity contribution in [2.45, 2.75) is 56.7 Å². The topological polar surface area (TPSA) is 160 Å². The van der Waals surface area contributed by atoms with Crippen molar-refractivity contribution in [1.82, 2.24) is 16.0 Å². The maximum absolute atomic E-state index is 14.4. The van der Waals surface area contributed by atoms with Crippen LogP contribution in [0.4, 0.5) is 0 Å². The zero-order chi connectivity index (χ0) is 40.9. The lowest BCUT2D eigenvalue weighted by Gasteiger charge is -2.26. The van der Waals surface area contributed by atoms with Crippen molar-refractivity contribution >= 4 is 29.5 Å². The molecule has 2 aliphatic rings. The molecule has 298 valence electrons. The molecule has 11 nitrogen and oxygen atoms in total. The van der Waals surface area contributed by atoms with E-state index in [1.807, 2.05) is 84.9 Å². The molecular formula is C47H47N3O8. The molecule has 0 unspecified atom stereocenters. The number of aryl methyl sites for hydroxylation is 1. The number of amides is 3.